The third kappa shape index (κ3) is 1.29. The average molecular weight is 198 g/mol. The van der Waals surface area contributed by atoms with Crippen LogP contribution in [0, 0.1) is 0 Å². The molecular weight excluding hydrogens is 188 g/mol. The molecule has 0 aliphatic heterocycles. The van der Waals surface area contributed by atoms with E-state index in [0.29, 0.717) is 0 Å². The maximum Gasteiger partial charge on any atom is 0.189 e. The van der Waals surface area contributed by atoms with Crippen LogP contribution in [0.15, 0.2) is 42.6 Å². The molecule has 0 atom stereocenters. The van der Waals surface area contributed by atoms with Crippen LogP contribution in [0.25, 0.3) is 22.2 Å². The van der Waals surface area contributed by atoms with Gasteiger partial charge in [0.05, 0.1) is 0 Å². The lowest BCUT2D eigenvalue weighted by Gasteiger charge is -1.97. The maximum atomic E-state index is 9.31. The second kappa shape index (κ2) is 2.92. The number of nitrogens with one attached hydrogen (secondary N) is 2. The number of benzene rings is 1. The van der Waals surface area contributed by atoms with Crippen LogP contribution in [0.1, 0.15) is 0 Å². The Labute approximate surface area is 86.4 Å². The number of hydrogen-bond acceptors (Lipinski definition) is 1. The number of aromatic hydroxyl groups is 1. The molecule has 2 heterocycles. The van der Waals surface area contributed by atoms with Gasteiger partial charge in [0.2, 0.25) is 0 Å². The van der Waals surface area contributed by atoms with Crippen LogP contribution in [0.3, 0.4) is 0 Å². The van der Waals surface area contributed by atoms with Crippen LogP contribution in [0.5, 0.6) is 5.88 Å². The minimum Gasteiger partial charge on any atom is -0.495 e. The molecule has 3 nitrogen and oxygen atoms in total. The van der Waals surface area contributed by atoms with Gasteiger partial charge in [-0.25, -0.2) is 0 Å². The summed E-state index contributed by atoms with van der Waals surface area (Å²) in [5, 5.41) is 10.3. The summed E-state index contributed by atoms with van der Waals surface area (Å²) in [7, 11) is 0. The molecule has 0 saturated heterocycles. The fourth-order valence-corrected chi connectivity index (χ4v) is 1.79. The number of rotatable bonds is 1. The van der Waals surface area contributed by atoms with Crippen LogP contribution in [0.2, 0.25) is 0 Å². The molecule has 2 aromatic heterocycles. The minimum absolute atomic E-state index is 0.202. The first kappa shape index (κ1) is 8.17. The fourth-order valence-electron chi connectivity index (χ4n) is 1.79. The van der Waals surface area contributed by atoms with Gasteiger partial charge >= 0.3 is 0 Å². The Bertz CT molecular complexity index is 593. The maximum absolute atomic E-state index is 9.31. The van der Waals surface area contributed by atoms with E-state index in [1.165, 1.54) is 0 Å². The zero-order chi connectivity index (χ0) is 10.3. The fraction of sp³-hybridized carbons (Fsp3) is 0. The Morgan fingerprint density at radius 1 is 1.07 bits per heavy atom. The second-order valence-corrected chi connectivity index (χ2v) is 3.54. The van der Waals surface area contributed by atoms with Crippen molar-refractivity contribution in [2.45, 2.75) is 0 Å². The van der Waals surface area contributed by atoms with Gasteiger partial charge in [0, 0.05) is 34.4 Å². The SMILES string of the molecule is Oc1cc2ccc(-c3ccc[nH]3)cc2[nH]1. The first-order valence-electron chi connectivity index (χ1n) is 4.78. The molecule has 3 aromatic rings. The van der Waals surface area contributed by atoms with E-state index in [9.17, 15) is 5.11 Å². The van der Waals surface area contributed by atoms with Crippen molar-refractivity contribution in [3.05, 3.63) is 42.6 Å². The zero-order valence-electron chi connectivity index (χ0n) is 7.99. The van der Waals surface area contributed by atoms with Crippen molar-refractivity contribution in [1.82, 2.24) is 9.97 Å². The summed E-state index contributed by atoms with van der Waals surface area (Å²) in [6.45, 7) is 0. The minimum atomic E-state index is 0.202. The third-order valence-electron chi connectivity index (χ3n) is 2.52. The topological polar surface area (TPSA) is 51.8 Å². The highest BCUT2D eigenvalue weighted by Gasteiger charge is 2.02. The van der Waals surface area contributed by atoms with Gasteiger partial charge in [-0.3, -0.25) is 0 Å². The third-order valence-corrected chi connectivity index (χ3v) is 2.52. The summed E-state index contributed by atoms with van der Waals surface area (Å²) in [5.74, 6) is 0.202. The van der Waals surface area contributed by atoms with Gasteiger partial charge < -0.3 is 15.1 Å². The largest absolute Gasteiger partial charge is 0.495 e. The molecule has 0 spiro atoms. The van der Waals surface area contributed by atoms with Gasteiger partial charge in [-0.15, -0.1) is 0 Å². The van der Waals surface area contributed by atoms with Crippen molar-refractivity contribution >= 4 is 10.9 Å². The van der Waals surface area contributed by atoms with Crippen molar-refractivity contribution in [2.75, 3.05) is 0 Å². The van der Waals surface area contributed by atoms with Crippen LogP contribution in [-0.2, 0) is 0 Å². The van der Waals surface area contributed by atoms with E-state index in [0.717, 1.165) is 22.2 Å². The van der Waals surface area contributed by atoms with E-state index in [2.05, 4.69) is 9.97 Å². The monoisotopic (exact) mass is 198 g/mol. The van der Waals surface area contributed by atoms with E-state index in [4.69, 9.17) is 0 Å². The van der Waals surface area contributed by atoms with Crippen molar-refractivity contribution in [1.29, 1.82) is 0 Å². The van der Waals surface area contributed by atoms with E-state index in [-0.39, 0.29) is 5.88 Å². The van der Waals surface area contributed by atoms with Crippen LogP contribution in [-0.4, -0.2) is 15.1 Å². The highest BCUT2D eigenvalue weighted by atomic mass is 16.3. The molecular formula is C12H10N2O. The van der Waals surface area contributed by atoms with Crippen molar-refractivity contribution < 1.29 is 5.11 Å². The molecule has 0 unspecified atom stereocenters. The number of H-pyrrole nitrogens is 2. The molecule has 0 radical (unpaired) electrons. The van der Waals surface area contributed by atoms with Crippen LogP contribution in [0.4, 0.5) is 0 Å². The predicted octanol–water partition coefficient (Wildman–Crippen LogP) is 2.87. The molecule has 3 N–H and O–H groups in total. The summed E-state index contributed by atoms with van der Waals surface area (Å²) in [4.78, 5) is 6.05. The van der Waals surface area contributed by atoms with Gasteiger partial charge in [-0.05, 0) is 18.2 Å². The molecule has 0 bridgehead atoms. The molecule has 0 aliphatic rings. The molecule has 15 heavy (non-hydrogen) atoms. The lowest BCUT2D eigenvalue weighted by atomic mass is 10.1. The lowest BCUT2D eigenvalue weighted by molar-refractivity contribution is 0.458. The molecule has 3 heteroatoms. The Balaban J connectivity index is 2.21. The lowest BCUT2D eigenvalue weighted by Crippen LogP contribution is -1.76. The quantitative estimate of drug-likeness (QED) is 0.553. The molecule has 0 fully saturated rings. The van der Waals surface area contributed by atoms with Crippen molar-refractivity contribution in [2.24, 2.45) is 0 Å². The van der Waals surface area contributed by atoms with Gasteiger partial charge in [0.1, 0.15) is 0 Å². The Hall–Kier alpha value is -2.16. The van der Waals surface area contributed by atoms with Gasteiger partial charge in [-0.2, -0.15) is 0 Å². The van der Waals surface area contributed by atoms with Gasteiger partial charge in [-0.1, -0.05) is 12.1 Å². The molecule has 0 saturated carbocycles. The zero-order valence-corrected chi connectivity index (χ0v) is 7.99. The van der Waals surface area contributed by atoms with E-state index in [1.807, 2.05) is 36.5 Å². The number of aromatic nitrogens is 2. The molecule has 3 rings (SSSR count). The van der Waals surface area contributed by atoms with Crippen molar-refractivity contribution in [3.63, 3.8) is 0 Å². The summed E-state index contributed by atoms with van der Waals surface area (Å²) in [6, 6.07) is 11.7. The van der Waals surface area contributed by atoms with Gasteiger partial charge in [0.15, 0.2) is 5.88 Å². The smallest absolute Gasteiger partial charge is 0.189 e. The average Bonchev–Trinajstić information content (AvgIpc) is 2.82. The standard InChI is InChI=1S/C12H10N2O/c15-12-7-9-4-3-8(6-11(9)14-12)10-2-1-5-13-10/h1-7,13-15H. The number of hydrogen-bond donors (Lipinski definition) is 3. The Morgan fingerprint density at radius 2 is 2.00 bits per heavy atom. The summed E-state index contributed by atoms with van der Waals surface area (Å²) >= 11 is 0. The van der Waals surface area contributed by atoms with Crippen LogP contribution >= 0.6 is 0 Å². The second-order valence-electron chi connectivity index (χ2n) is 3.54. The first-order chi connectivity index (χ1) is 7.33. The van der Waals surface area contributed by atoms with E-state index >= 15 is 0 Å². The van der Waals surface area contributed by atoms with E-state index < -0.39 is 0 Å². The van der Waals surface area contributed by atoms with Gasteiger partial charge in [0.25, 0.3) is 0 Å². The molecule has 0 amide bonds. The number of aromatic amines is 2. The summed E-state index contributed by atoms with van der Waals surface area (Å²) in [6.07, 6.45) is 1.89. The highest BCUT2D eigenvalue weighted by molar-refractivity contribution is 5.85. The molecule has 0 aliphatic carbocycles. The van der Waals surface area contributed by atoms with E-state index in [1.54, 1.807) is 6.07 Å². The molecule has 1 aromatic carbocycles. The summed E-state index contributed by atoms with van der Waals surface area (Å²) in [5.41, 5.74) is 3.12. The Morgan fingerprint density at radius 3 is 2.80 bits per heavy atom. The van der Waals surface area contributed by atoms with Crippen molar-refractivity contribution in [3.8, 4) is 17.1 Å². The summed E-state index contributed by atoms with van der Waals surface area (Å²) < 4.78 is 0. The first-order valence-corrected chi connectivity index (χ1v) is 4.78. The van der Waals surface area contributed by atoms with Crippen LogP contribution < -0.4 is 0 Å². The molecule has 74 valence electrons. The Kier molecular flexibility index (Phi) is 1.59. The predicted molar refractivity (Wildman–Crippen MR) is 59.8 cm³/mol. The normalized spacial score (nSPS) is 10.9. The highest BCUT2D eigenvalue weighted by Crippen LogP contribution is 2.25. The number of fused-ring (bicyclic) bond motifs is 1.